The highest BCUT2D eigenvalue weighted by molar-refractivity contribution is 7.13. The van der Waals surface area contributed by atoms with Crippen molar-refractivity contribution in [1.82, 2.24) is 10.3 Å². The second kappa shape index (κ2) is 5.29. The standard InChI is InChI=1S/C13H17N3S/c1-14-8-11-9-17-13(15-11)10-4-6-12(7-5-10)16(2)3/h4-7,9,14H,8H2,1-3H3. The van der Waals surface area contributed by atoms with Crippen molar-refractivity contribution >= 4 is 17.0 Å². The van der Waals surface area contributed by atoms with Crippen LogP contribution in [0.15, 0.2) is 29.6 Å². The zero-order valence-corrected chi connectivity index (χ0v) is 11.2. The van der Waals surface area contributed by atoms with Crippen LogP contribution >= 0.6 is 11.3 Å². The average Bonchev–Trinajstić information content (AvgIpc) is 2.78. The van der Waals surface area contributed by atoms with E-state index in [0.29, 0.717) is 0 Å². The summed E-state index contributed by atoms with van der Waals surface area (Å²) in [5, 5.41) is 6.30. The van der Waals surface area contributed by atoms with E-state index < -0.39 is 0 Å². The van der Waals surface area contributed by atoms with E-state index in [0.717, 1.165) is 17.2 Å². The highest BCUT2D eigenvalue weighted by atomic mass is 32.1. The Hall–Kier alpha value is -1.39. The van der Waals surface area contributed by atoms with Crippen LogP contribution in [0.1, 0.15) is 5.69 Å². The van der Waals surface area contributed by atoms with Gasteiger partial charge in [0.15, 0.2) is 0 Å². The summed E-state index contributed by atoms with van der Waals surface area (Å²) in [6, 6.07) is 8.48. The van der Waals surface area contributed by atoms with Gasteiger partial charge in [-0.3, -0.25) is 0 Å². The Balaban J connectivity index is 2.21. The lowest BCUT2D eigenvalue weighted by atomic mass is 10.2. The molecule has 4 heteroatoms. The maximum Gasteiger partial charge on any atom is 0.123 e. The van der Waals surface area contributed by atoms with Gasteiger partial charge in [-0.05, 0) is 31.3 Å². The van der Waals surface area contributed by atoms with Crippen molar-refractivity contribution in [3.05, 3.63) is 35.3 Å². The molecule has 0 unspecified atom stereocenters. The Morgan fingerprint density at radius 1 is 1.24 bits per heavy atom. The van der Waals surface area contributed by atoms with Crippen molar-refractivity contribution in [3.8, 4) is 10.6 Å². The van der Waals surface area contributed by atoms with Crippen molar-refractivity contribution in [2.24, 2.45) is 0 Å². The third-order valence-electron chi connectivity index (χ3n) is 2.54. The van der Waals surface area contributed by atoms with Crippen LogP contribution in [0.25, 0.3) is 10.6 Å². The van der Waals surface area contributed by atoms with Gasteiger partial charge in [-0.2, -0.15) is 0 Å². The lowest BCUT2D eigenvalue weighted by Gasteiger charge is -2.11. The molecule has 0 radical (unpaired) electrons. The molecular formula is C13H17N3S. The highest BCUT2D eigenvalue weighted by Crippen LogP contribution is 2.25. The van der Waals surface area contributed by atoms with Gasteiger partial charge < -0.3 is 10.2 Å². The van der Waals surface area contributed by atoms with Crippen LogP contribution in [-0.2, 0) is 6.54 Å². The van der Waals surface area contributed by atoms with Gasteiger partial charge in [0.25, 0.3) is 0 Å². The second-order valence-electron chi connectivity index (χ2n) is 4.12. The number of nitrogens with zero attached hydrogens (tertiary/aromatic N) is 2. The molecule has 2 aromatic rings. The summed E-state index contributed by atoms with van der Waals surface area (Å²) in [5.41, 5.74) is 3.49. The molecule has 0 aliphatic carbocycles. The fraction of sp³-hybridized carbons (Fsp3) is 0.308. The fourth-order valence-corrected chi connectivity index (χ4v) is 2.43. The molecule has 0 aliphatic rings. The largest absolute Gasteiger partial charge is 0.378 e. The van der Waals surface area contributed by atoms with Crippen molar-refractivity contribution in [2.75, 3.05) is 26.0 Å². The first-order valence-corrected chi connectivity index (χ1v) is 6.45. The number of aromatic nitrogens is 1. The molecule has 1 N–H and O–H groups in total. The molecule has 1 aromatic heterocycles. The maximum absolute atomic E-state index is 4.59. The Morgan fingerprint density at radius 2 is 1.94 bits per heavy atom. The molecule has 90 valence electrons. The maximum atomic E-state index is 4.59. The van der Waals surface area contributed by atoms with Gasteiger partial charge in [-0.15, -0.1) is 11.3 Å². The molecule has 0 bridgehead atoms. The molecular weight excluding hydrogens is 230 g/mol. The van der Waals surface area contributed by atoms with E-state index in [1.165, 1.54) is 11.3 Å². The molecule has 0 amide bonds. The van der Waals surface area contributed by atoms with E-state index in [1.54, 1.807) is 11.3 Å². The van der Waals surface area contributed by atoms with Gasteiger partial charge >= 0.3 is 0 Å². The summed E-state index contributed by atoms with van der Waals surface area (Å²) in [5.74, 6) is 0. The minimum atomic E-state index is 0.826. The van der Waals surface area contributed by atoms with Crippen LogP contribution in [0.4, 0.5) is 5.69 Å². The monoisotopic (exact) mass is 247 g/mol. The Bertz CT molecular complexity index is 474. The van der Waals surface area contributed by atoms with Crippen LogP contribution in [-0.4, -0.2) is 26.1 Å². The third kappa shape index (κ3) is 2.84. The molecule has 3 nitrogen and oxygen atoms in total. The third-order valence-corrected chi connectivity index (χ3v) is 3.48. The van der Waals surface area contributed by atoms with Crippen molar-refractivity contribution < 1.29 is 0 Å². The summed E-state index contributed by atoms with van der Waals surface area (Å²) in [6.07, 6.45) is 0. The van der Waals surface area contributed by atoms with E-state index in [2.05, 4.69) is 44.8 Å². The van der Waals surface area contributed by atoms with Gasteiger partial charge in [-0.25, -0.2) is 4.98 Å². The van der Waals surface area contributed by atoms with Gasteiger partial charge in [0.05, 0.1) is 5.69 Å². The van der Waals surface area contributed by atoms with Crippen LogP contribution in [0.2, 0.25) is 0 Å². The van der Waals surface area contributed by atoms with Crippen molar-refractivity contribution in [2.45, 2.75) is 6.54 Å². The fourth-order valence-electron chi connectivity index (χ4n) is 1.60. The highest BCUT2D eigenvalue weighted by Gasteiger charge is 2.04. The zero-order valence-electron chi connectivity index (χ0n) is 10.4. The van der Waals surface area contributed by atoms with Gasteiger partial charge in [0.2, 0.25) is 0 Å². The van der Waals surface area contributed by atoms with E-state index in [-0.39, 0.29) is 0 Å². The van der Waals surface area contributed by atoms with Gasteiger partial charge in [0.1, 0.15) is 5.01 Å². The molecule has 2 rings (SSSR count). The Morgan fingerprint density at radius 3 is 2.53 bits per heavy atom. The van der Waals surface area contributed by atoms with Crippen LogP contribution < -0.4 is 10.2 Å². The number of hydrogen-bond donors (Lipinski definition) is 1. The number of anilines is 1. The normalized spacial score (nSPS) is 10.5. The molecule has 1 aromatic carbocycles. The molecule has 0 atom stereocenters. The molecule has 0 aliphatic heterocycles. The smallest absolute Gasteiger partial charge is 0.123 e. The molecule has 0 saturated heterocycles. The SMILES string of the molecule is CNCc1csc(-c2ccc(N(C)C)cc2)n1. The minimum Gasteiger partial charge on any atom is -0.378 e. The number of rotatable bonds is 4. The lowest BCUT2D eigenvalue weighted by Crippen LogP contribution is -2.07. The first-order valence-electron chi connectivity index (χ1n) is 5.57. The number of nitrogens with one attached hydrogen (secondary N) is 1. The topological polar surface area (TPSA) is 28.2 Å². The number of hydrogen-bond acceptors (Lipinski definition) is 4. The average molecular weight is 247 g/mol. The van der Waals surface area contributed by atoms with E-state index in [4.69, 9.17) is 0 Å². The summed E-state index contributed by atoms with van der Waals surface area (Å²) < 4.78 is 0. The quantitative estimate of drug-likeness (QED) is 0.900. The van der Waals surface area contributed by atoms with Crippen LogP contribution in [0.3, 0.4) is 0 Å². The molecule has 1 heterocycles. The molecule has 0 saturated carbocycles. The summed E-state index contributed by atoms with van der Waals surface area (Å²) in [4.78, 5) is 6.68. The second-order valence-corrected chi connectivity index (χ2v) is 4.97. The van der Waals surface area contributed by atoms with Crippen molar-refractivity contribution in [1.29, 1.82) is 0 Å². The van der Waals surface area contributed by atoms with Gasteiger partial charge in [-0.1, -0.05) is 0 Å². The van der Waals surface area contributed by atoms with Crippen LogP contribution in [0.5, 0.6) is 0 Å². The Labute approximate surface area is 106 Å². The predicted octanol–water partition coefficient (Wildman–Crippen LogP) is 2.60. The number of benzene rings is 1. The van der Waals surface area contributed by atoms with E-state index >= 15 is 0 Å². The summed E-state index contributed by atoms with van der Waals surface area (Å²) in [7, 11) is 6.03. The minimum absolute atomic E-state index is 0.826. The Kier molecular flexibility index (Phi) is 3.76. The van der Waals surface area contributed by atoms with E-state index in [9.17, 15) is 0 Å². The first kappa shape index (κ1) is 12.1. The van der Waals surface area contributed by atoms with Crippen molar-refractivity contribution in [3.63, 3.8) is 0 Å². The molecule has 17 heavy (non-hydrogen) atoms. The van der Waals surface area contributed by atoms with E-state index in [1.807, 2.05) is 21.1 Å². The molecule has 0 spiro atoms. The number of thiazole rings is 1. The summed E-state index contributed by atoms with van der Waals surface area (Å²) in [6.45, 7) is 0.826. The predicted molar refractivity (Wildman–Crippen MR) is 74.6 cm³/mol. The first-order chi connectivity index (χ1) is 8.20. The summed E-state index contributed by atoms with van der Waals surface area (Å²) >= 11 is 1.69. The van der Waals surface area contributed by atoms with Crippen LogP contribution in [0, 0.1) is 0 Å². The lowest BCUT2D eigenvalue weighted by molar-refractivity contribution is 0.798. The van der Waals surface area contributed by atoms with Gasteiger partial charge in [0, 0.05) is 37.3 Å². The molecule has 0 fully saturated rings. The zero-order chi connectivity index (χ0) is 12.3.